The topological polar surface area (TPSA) is 0 Å². The van der Waals surface area contributed by atoms with Crippen LogP contribution >= 0.6 is 34.2 Å². The molecule has 0 nitrogen and oxygen atoms in total. The summed E-state index contributed by atoms with van der Waals surface area (Å²) >= 11 is 7.06. The van der Waals surface area contributed by atoms with Crippen molar-refractivity contribution in [3.8, 4) is 0 Å². The summed E-state index contributed by atoms with van der Waals surface area (Å²) in [6.07, 6.45) is -2.80. The Hall–Kier alpha value is 0.0300. The number of rotatable bonds is 1. The summed E-state index contributed by atoms with van der Waals surface area (Å²) in [5.74, 6) is -0.957. The zero-order valence-corrected chi connectivity index (χ0v) is 8.54. The summed E-state index contributed by atoms with van der Waals surface area (Å²) in [7, 11) is 0. The maximum atomic E-state index is 12.8. The van der Waals surface area contributed by atoms with Crippen molar-refractivity contribution < 1.29 is 13.2 Å². The van der Waals surface area contributed by atoms with Crippen molar-refractivity contribution in [3.05, 3.63) is 32.1 Å². The van der Waals surface area contributed by atoms with E-state index in [4.69, 9.17) is 11.6 Å². The highest BCUT2D eigenvalue weighted by Crippen LogP contribution is 2.29. The fourth-order valence-corrected chi connectivity index (χ4v) is 1.98. The Morgan fingerprint density at radius 2 is 1.92 bits per heavy atom. The summed E-state index contributed by atoms with van der Waals surface area (Å²) in [6, 6.07) is 2.18. The van der Waals surface area contributed by atoms with Gasteiger partial charge in [-0.25, -0.2) is 13.2 Å². The first-order valence-corrected chi connectivity index (χ1v) is 4.40. The van der Waals surface area contributed by atoms with Gasteiger partial charge in [0, 0.05) is 8.59 Å². The lowest BCUT2D eigenvalue weighted by Gasteiger charge is -2.04. The Kier molecular flexibility index (Phi) is 3.22. The van der Waals surface area contributed by atoms with Crippen molar-refractivity contribution in [2.75, 3.05) is 0 Å². The molecule has 0 aromatic heterocycles. The van der Waals surface area contributed by atoms with Crippen molar-refractivity contribution >= 4 is 34.2 Å². The molecule has 0 N–H and O–H groups in total. The van der Waals surface area contributed by atoms with Crippen LogP contribution in [0, 0.1) is 9.39 Å². The van der Waals surface area contributed by atoms with Gasteiger partial charge in [-0.1, -0.05) is 11.6 Å². The normalized spacial score (nSPS) is 10.8. The summed E-state index contributed by atoms with van der Waals surface area (Å²) < 4.78 is 37.2. The van der Waals surface area contributed by atoms with Crippen molar-refractivity contribution in [1.82, 2.24) is 0 Å². The molecule has 0 radical (unpaired) electrons. The highest BCUT2D eigenvalue weighted by Gasteiger charge is 2.17. The first kappa shape index (κ1) is 10.1. The van der Waals surface area contributed by atoms with Gasteiger partial charge in [0.1, 0.15) is 5.82 Å². The molecule has 0 saturated heterocycles. The van der Waals surface area contributed by atoms with Gasteiger partial charge in [-0.2, -0.15) is 0 Å². The molecule has 0 fully saturated rings. The molecule has 0 saturated carbocycles. The van der Waals surface area contributed by atoms with Crippen molar-refractivity contribution in [2.45, 2.75) is 6.43 Å². The van der Waals surface area contributed by atoms with Crippen LogP contribution in [0.5, 0.6) is 0 Å². The SMILES string of the molecule is Fc1cc(Cl)cc(I)c1C(F)F. The van der Waals surface area contributed by atoms with E-state index < -0.39 is 17.8 Å². The van der Waals surface area contributed by atoms with Gasteiger partial charge in [0.15, 0.2) is 0 Å². The quantitative estimate of drug-likeness (QED) is 0.687. The van der Waals surface area contributed by atoms with Gasteiger partial charge >= 0.3 is 0 Å². The number of halogens is 5. The van der Waals surface area contributed by atoms with Crippen molar-refractivity contribution in [1.29, 1.82) is 0 Å². The lowest BCUT2D eigenvalue weighted by atomic mass is 10.2. The van der Waals surface area contributed by atoms with Gasteiger partial charge in [-0.15, -0.1) is 0 Å². The molecular formula is C7H3ClF3I. The van der Waals surface area contributed by atoms with Gasteiger partial charge in [0.25, 0.3) is 6.43 Å². The van der Waals surface area contributed by atoms with Gasteiger partial charge in [-0.3, -0.25) is 0 Å². The monoisotopic (exact) mass is 306 g/mol. The number of benzene rings is 1. The van der Waals surface area contributed by atoms with Crippen LogP contribution in [0.15, 0.2) is 12.1 Å². The molecule has 0 amide bonds. The van der Waals surface area contributed by atoms with Crippen LogP contribution in [0.1, 0.15) is 12.0 Å². The highest BCUT2D eigenvalue weighted by molar-refractivity contribution is 14.1. The van der Waals surface area contributed by atoms with E-state index in [1.165, 1.54) is 6.07 Å². The van der Waals surface area contributed by atoms with Crippen LogP contribution in [0.25, 0.3) is 0 Å². The second kappa shape index (κ2) is 3.83. The highest BCUT2D eigenvalue weighted by atomic mass is 127. The molecule has 0 aliphatic rings. The lowest BCUT2D eigenvalue weighted by molar-refractivity contribution is 0.145. The van der Waals surface area contributed by atoms with Gasteiger partial charge in [-0.05, 0) is 34.7 Å². The van der Waals surface area contributed by atoms with E-state index >= 15 is 0 Å². The summed E-state index contributed by atoms with van der Waals surface area (Å²) in [4.78, 5) is 0. The van der Waals surface area contributed by atoms with Crippen molar-refractivity contribution in [3.63, 3.8) is 0 Å². The predicted octanol–water partition coefficient (Wildman–Crippen LogP) is 4.02. The first-order valence-electron chi connectivity index (χ1n) is 2.95. The Labute approximate surface area is 85.9 Å². The van der Waals surface area contributed by atoms with E-state index in [1.54, 1.807) is 22.6 Å². The molecule has 0 aliphatic heterocycles. The predicted molar refractivity (Wildman–Crippen MR) is 49.1 cm³/mol. The molecule has 1 rings (SSSR count). The second-order valence-corrected chi connectivity index (χ2v) is 3.68. The second-order valence-electron chi connectivity index (χ2n) is 2.08. The maximum absolute atomic E-state index is 12.8. The van der Waals surface area contributed by atoms with Crippen LogP contribution in [0.4, 0.5) is 13.2 Å². The third-order valence-electron chi connectivity index (χ3n) is 1.26. The van der Waals surface area contributed by atoms with Crippen LogP contribution < -0.4 is 0 Å². The summed E-state index contributed by atoms with van der Waals surface area (Å²) in [5.41, 5.74) is -0.583. The van der Waals surface area contributed by atoms with E-state index in [9.17, 15) is 13.2 Å². The van der Waals surface area contributed by atoms with Crippen LogP contribution in [-0.4, -0.2) is 0 Å². The standard InChI is InChI=1S/C7H3ClF3I/c8-3-1-4(9)6(7(10)11)5(12)2-3/h1-2,7H. The van der Waals surface area contributed by atoms with E-state index in [1.807, 2.05) is 0 Å². The Balaban J connectivity index is 3.28. The van der Waals surface area contributed by atoms with E-state index in [2.05, 4.69) is 0 Å². The summed E-state index contributed by atoms with van der Waals surface area (Å²) in [6.45, 7) is 0. The molecule has 0 aliphatic carbocycles. The van der Waals surface area contributed by atoms with Crippen LogP contribution in [0.2, 0.25) is 5.02 Å². The minimum atomic E-state index is -2.80. The van der Waals surface area contributed by atoms with Gasteiger partial charge < -0.3 is 0 Å². The average molecular weight is 306 g/mol. The molecule has 12 heavy (non-hydrogen) atoms. The number of hydrogen-bond donors (Lipinski definition) is 0. The summed E-state index contributed by atoms with van der Waals surface area (Å²) in [5, 5.41) is 0.126. The zero-order chi connectivity index (χ0) is 9.30. The van der Waals surface area contributed by atoms with Gasteiger partial charge in [0.2, 0.25) is 0 Å². The third kappa shape index (κ3) is 2.04. The average Bonchev–Trinajstić information content (AvgIpc) is 1.82. The molecule has 66 valence electrons. The molecule has 5 heteroatoms. The maximum Gasteiger partial charge on any atom is 0.267 e. The minimum Gasteiger partial charge on any atom is -0.206 e. The first-order chi connectivity index (χ1) is 5.52. The fraction of sp³-hybridized carbons (Fsp3) is 0.143. The number of alkyl halides is 2. The molecule has 1 aromatic rings. The van der Waals surface area contributed by atoms with Crippen LogP contribution in [0.3, 0.4) is 0 Å². The molecule has 0 bridgehead atoms. The Bertz CT molecular complexity index is 278. The minimum absolute atomic E-state index is 0.126. The van der Waals surface area contributed by atoms with E-state index in [0.717, 1.165) is 6.07 Å². The molecule has 0 unspecified atom stereocenters. The van der Waals surface area contributed by atoms with Crippen LogP contribution in [-0.2, 0) is 0 Å². The van der Waals surface area contributed by atoms with E-state index in [0.29, 0.717) is 0 Å². The Morgan fingerprint density at radius 1 is 1.33 bits per heavy atom. The Morgan fingerprint density at radius 3 is 2.33 bits per heavy atom. The number of hydrogen-bond acceptors (Lipinski definition) is 0. The molecule has 0 atom stereocenters. The lowest BCUT2D eigenvalue weighted by Crippen LogP contribution is -1.94. The van der Waals surface area contributed by atoms with Gasteiger partial charge in [0.05, 0.1) is 5.56 Å². The largest absolute Gasteiger partial charge is 0.267 e. The smallest absolute Gasteiger partial charge is 0.206 e. The fourth-order valence-electron chi connectivity index (χ4n) is 0.762. The third-order valence-corrected chi connectivity index (χ3v) is 2.37. The molecular weight excluding hydrogens is 303 g/mol. The molecule has 0 heterocycles. The zero-order valence-electron chi connectivity index (χ0n) is 5.62. The van der Waals surface area contributed by atoms with Crippen molar-refractivity contribution in [2.24, 2.45) is 0 Å². The van der Waals surface area contributed by atoms with E-state index in [-0.39, 0.29) is 8.59 Å². The molecule has 0 spiro atoms. The molecule has 1 aromatic carbocycles.